The minimum absolute atomic E-state index is 0.133. The number of hydrogen-bond donors (Lipinski definition) is 0. The Bertz CT molecular complexity index is 443. The molecule has 17 heavy (non-hydrogen) atoms. The Labute approximate surface area is 97.4 Å². The zero-order valence-electron chi connectivity index (χ0n) is 9.50. The van der Waals surface area contributed by atoms with E-state index in [2.05, 4.69) is 4.74 Å². The minimum Gasteiger partial charge on any atom is -0.469 e. The number of Topliss-reactive ketones (excluding diaryl/α,β-unsaturated/α-hetero) is 1. The summed E-state index contributed by atoms with van der Waals surface area (Å²) in [4.78, 5) is 22.7. The first-order valence-electron chi connectivity index (χ1n) is 5.01. The largest absolute Gasteiger partial charge is 0.469 e. The molecular formula is C12H12F2O3. The highest BCUT2D eigenvalue weighted by atomic mass is 19.1. The lowest BCUT2D eigenvalue weighted by atomic mass is 9.96. The Hall–Kier alpha value is -1.78. The van der Waals surface area contributed by atoms with Crippen molar-refractivity contribution in [2.75, 3.05) is 7.11 Å². The summed E-state index contributed by atoms with van der Waals surface area (Å²) in [6.07, 6.45) is -0.133. The Balaban J connectivity index is 2.85. The number of benzene rings is 1. The van der Waals surface area contributed by atoms with Gasteiger partial charge in [0.25, 0.3) is 0 Å². The third-order valence-electron chi connectivity index (χ3n) is 2.34. The normalized spacial score (nSPS) is 12.0. The summed E-state index contributed by atoms with van der Waals surface area (Å²) in [5.41, 5.74) is -0.220. The molecule has 92 valence electrons. The summed E-state index contributed by atoms with van der Waals surface area (Å²) in [5.74, 6) is -3.48. The molecule has 0 spiro atoms. The van der Waals surface area contributed by atoms with Crippen molar-refractivity contribution in [1.29, 1.82) is 0 Å². The highest BCUT2D eigenvalue weighted by Crippen LogP contribution is 2.16. The van der Waals surface area contributed by atoms with Gasteiger partial charge in [-0.15, -0.1) is 0 Å². The van der Waals surface area contributed by atoms with E-state index in [1.807, 2.05) is 0 Å². The number of hydrogen-bond acceptors (Lipinski definition) is 3. The van der Waals surface area contributed by atoms with Gasteiger partial charge in [0.15, 0.2) is 5.78 Å². The van der Waals surface area contributed by atoms with Crippen LogP contribution in [0, 0.1) is 17.6 Å². The van der Waals surface area contributed by atoms with Crippen LogP contribution in [-0.2, 0) is 9.53 Å². The van der Waals surface area contributed by atoms with Gasteiger partial charge in [-0.2, -0.15) is 0 Å². The monoisotopic (exact) mass is 242 g/mol. The summed E-state index contributed by atoms with van der Waals surface area (Å²) < 4.78 is 30.4. The average molecular weight is 242 g/mol. The van der Waals surface area contributed by atoms with E-state index in [1.165, 1.54) is 14.0 Å². The third kappa shape index (κ3) is 3.34. The van der Waals surface area contributed by atoms with Crippen molar-refractivity contribution in [3.05, 3.63) is 35.4 Å². The fraction of sp³-hybridized carbons (Fsp3) is 0.333. The number of esters is 1. The van der Waals surface area contributed by atoms with Gasteiger partial charge >= 0.3 is 5.97 Å². The van der Waals surface area contributed by atoms with Crippen molar-refractivity contribution in [3.63, 3.8) is 0 Å². The molecule has 1 atom stereocenters. The average Bonchev–Trinajstić information content (AvgIpc) is 2.28. The van der Waals surface area contributed by atoms with E-state index in [9.17, 15) is 18.4 Å². The molecule has 0 heterocycles. The van der Waals surface area contributed by atoms with Gasteiger partial charge < -0.3 is 4.74 Å². The molecule has 3 nitrogen and oxygen atoms in total. The lowest BCUT2D eigenvalue weighted by Crippen LogP contribution is -2.17. The molecule has 1 aromatic carbocycles. The highest BCUT2D eigenvalue weighted by molar-refractivity contribution is 5.99. The molecule has 0 saturated carbocycles. The lowest BCUT2D eigenvalue weighted by molar-refractivity contribution is -0.141. The van der Waals surface area contributed by atoms with Crippen molar-refractivity contribution < 1.29 is 23.1 Å². The molecular weight excluding hydrogens is 230 g/mol. The third-order valence-corrected chi connectivity index (χ3v) is 2.34. The van der Waals surface area contributed by atoms with Gasteiger partial charge in [-0.05, 0) is 12.1 Å². The van der Waals surface area contributed by atoms with E-state index in [4.69, 9.17) is 0 Å². The number of carbonyl (C=O) groups is 2. The fourth-order valence-electron chi connectivity index (χ4n) is 1.38. The van der Waals surface area contributed by atoms with Gasteiger partial charge in [0.2, 0.25) is 0 Å². The molecule has 0 fully saturated rings. The topological polar surface area (TPSA) is 43.4 Å². The quantitative estimate of drug-likeness (QED) is 0.601. The Kier molecular flexibility index (Phi) is 4.31. The van der Waals surface area contributed by atoms with Crippen LogP contribution >= 0.6 is 0 Å². The van der Waals surface area contributed by atoms with Crippen LogP contribution in [0.15, 0.2) is 18.2 Å². The van der Waals surface area contributed by atoms with Crippen molar-refractivity contribution >= 4 is 11.8 Å². The number of carbonyl (C=O) groups excluding carboxylic acids is 2. The first-order chi connectivity index (χ1) is 7.95. The molecule has 0 aliphatic rings. The van der Waals surface area contributed by atoms with Crippen molar-refractivity contribution in [3.8, 4) is 0 Å². The van der Waals surface area contributed by atoms with Crippen molar-refractivity contribution in [2.24, 2.45) is 5.92 Å². The molecule has 1 unspecified atom stereocenters. The maximum Gasteiger partial charge on any atom is 0.306 e. The zero-order valence-corrected chi connectivity index (χ0v) is 9.50. The maximum atomic E-state index is 13.3. The number of halogens is 2. The molecule has 0 N–H and O–H groups in total. The Morgan fingerprint density at radius 1 is 1.35 bits per heavy atom. The summed E-state index contributed by atoms with van der Waals surface area (Å²) >= 11 is 0. The van der Waals surface area contributed by atoms with Gasteiger partial charge in [0, 0.05) is 12.0 Å². The highest BCUT2D eigenvalue weighted by Gasteiger charge is 2.21. The van der Waals surface area contributed by atoms with Crippen molar-refractivity contribution in [1.82, 2.24) is 0 Å². The molecule has 0 bridgehead atoms. The molecule has 0 aliphatic heterocycles. The van der Waals surface area contributed by atoms with E-state index >= 15 is 0 Å². The van der Waals surface area contributed by atoms with E-state index in [-0.39, 0.29) is 12.0 Å². The van der Waals surface area contributed by atoms with Gasteiger partial charge in [0.05, 0.1) is 19.1 Å². The summed E-state index contributed by atoms with van der Waals surface area (Å²) in [6.45, 7) is 1.49. The molecule has 0 amide bonds. The van der Waals surface area contributed by atoms with Crippen LogP contribution in [0.1, 0.15) is 23.7 Å². The van der Waals surface area contributed by atoms with Crippen molar-refractivity contribution in [2.45, 2.75) is 13.3 Å². The van der Waals surface area contributed by atoms with Crippen LogP contribution in [0.2, 0.25) is 0 Å². The van der Waals surface area contributed by atoms with Gasteiger partial charge in [0.1, 0.15) is 11.6 Å². The van der Waals surface area contributed by atoms with Crippen LogP contribution in [-0.4, -0.2) is 18.9 Å². The molecule has 0 radical (unpaired) electrons. The molecule has 1 aromatic rings. The SMILES string of the molecule is COC(=O)CC(C)C(=O)c1ccc(F)cc1F. The van der Waals surface area contributed by atoms with Crippen LogP contribution in [0.3, 0.4) is 0 Å². The standard InChI is InChI=1S/C12H12F2O3/c1-7(5-11(15)17-2)12(16)9-4-3-8(13)6-10(9)14/h3-4,6-7H,5H2,1-2H3. The maximum absolute atomic E-state index is 13.3. The number of rotatable bonds is 4. The van der Waals surface area contributed by atoms with Gasteiger partial charge in [-0.25, -0.2) is 8.78 Å². The number of ether oxygens (including phenoxy) is 1. The molecule has 1 rings (SSSR count). The molecule has 0 aliphatic carbocycles. The molecule has 0 aromatic heterocycles. The first-order valence-corrected chi connectivity index (χ1v) is 5.01. The van der Waals surface area contributed by atoms with E-state index in [0.717, 1.165) is 12.1 Å². The van der Waals surface area contributed by atoms with Crippen LogP contribution in [0.4, 0.5) is 8.78 Å². The van der Waals surface area contributed by atoms with Crippen LogP contribution in [0.5, 0.6) is 0 Å². The predicted octanol–water partition coefficient (Wildman–Crippen LogP) is 2.35. The predicted molar refractivity (Wildman–Crippen MR) is 56.5 cm³/mol. The number of ketones is 1. The van der Waals surface area contributed by atoms with E-state index in [0.29, 0.717) is 6.07 Å². The molecule has 0 saturated heterocycles. The summed E-state index contributed by atoms with van der Waals surface area (Å²) in [5, 5.41) is 0. The second-order valence-corrected chi connectivity index (χ2v) is 3.67. The minimum atomic E-state index is -0.924. The van der Waals surface area contributed by atoms with E-state index < -0.39 is 29.3 Å². The Morgan fingerprint density at radius 2 is 2.00 bits per heavy atom. The summed E-state index contributed by atoms with van der Waals surface area (Å²) in [6, 6.07) is 2.71. The van der Waals surface area contributed by atoms with Crippen LogP contribution in [0.25, 0.3) is 0 Å². The van der Waals surface area contributed by atoms with Crippen LogP contribution < -0.4 is 0 Å². The number of methoxy groups -OCH3 is 1. The van der Waals surface area contributed by atoms with Gasteiger partial charge in [-0.1, -0.05) is 6.92 Å². The second-order valence-electron chi connectivity index (χ2n) is 3.67. The zero-order chi connectivity index (χ0) is 13.0. The smallest absolute Gasteiger partial charge is 0.306 e. The summed E-state index contributed by atoms with van der Waals surface area (Å²) in [7, 11) is 1.21. The van der Waals surface area contributed by atoms with E-state index in [1.54, 1.807) is 0 Å². The lowest BCUT2D eigenvalue weighted by Gasteiger charge is -2.09. The fourth-order valence-corrected chi connectivity index (χ4v) is 1.38. The van der Waals surface area contributed by atoms with Gasteiger partial charge in [-0.3, -0.25) is 9.59 Å². The second kappa shape index (κ2) is 5.52. The molecule has 5 heteroatoms. The Morgan fingerprint density at radius 3 is 2.53 bits per heavy atom. The first kappa shape index (κ1) is 13.3.